The highest BCUT2D eigenvalue weighted by Crippen LogP contribution is 2.65. The van der Waals surface area contributed by atoms with E-state index in [1.807, 2.05) is 0 Å². The first-order valence-electron chi connectivity index (χ1n) is 11.0. The maximum absolute atomic E-state index is 13.2. The third-order valence-electron chi connectivity index (χ3n) is 9.35. The molecule has 4 rings (SSSR count). The van der Waals surface area contributed by atoms with Gasteiger partial charge in [0.2, 0.25) is 6.43 Å². The van der Waals surface area contributed by atoms with Crippen LogP contribution in [0.2, 0.25) is 0 Å². The topological polar surface area (TPSA) is 0 Å². The van der Waals surface area contributed by atoms with Crippen LogP contribution in [0.5, 0.6) is 0 Å². The summed E-state index contributed by atoms with van der Waals surface area (Å²) in [7, 11) is 0. The Labute approximate surface area is 159 Å². The first-order valence-corrected chi connectivity index (χ1v) is 11.0. The van der Waals surface area contributed by atoms with Gasteiger partial charge in [0, 0.05) is 6.42 Å². The molecule has 0 N–H and O–H groups in total. The minimum Gasteiger partial charge on any atom is -0.211 e. The summed E-state index contributed by atoms with van der Waals surface area (Å²) in [5.41, 5.74) is 0.187. The van der Waals surface area contributed by atoms with Gasteiger partial charge >= 0.3 is 6.18 Å². The van der Waals surface area contributed by atoms with Gasteiger partial charge in [-0.05, 0) is 105 Å². The van der Waals surface area contributed by atoms with Crippen LogP contribution in [0, 0.1) is 46.8 Å². The smallest absolute Gasteiger partial charge is 0.211 e. The number of rotatable bonds is 3. The minimum atomic E-state index is -4.03. The van der Waals surface area contributed by atoms with Crippen molar-refractivity contribution in [3.63, 3.8) is 0 Å². The van der Waals surface area contributed by atoms with Gasteiger partial charge in [-0.2, -0.15) is 13.2 Å². The van der Waals surface area contributed by atoms with E-state index < -0.39 is 18.5 Å². The van der Waals surface area contributed by atoms with Gasteiger partial charge in [-0.25, -0.2) is 8.78 Å². The van der Waals surface area contributed by atoms with Crippen LogP contribution in [-0.2, 0) is 0 Å². The molecule has 0 aromatic heterocycles. The van der Waals surface area contributed by atoms with E-state index in [0.717, 1.165) is 44.9 Å². The maximum Gasteiger partial charge on any atom is 0.391 e. The zero-order valence-electron chi connectivity index (χ0n) is 16.3. The van der Waals surface area contributed by atoms with Crippen molar-refractivity contribution in [2.75, 3.05) is 0 Å². The summed E-state index contributed by atoms with van der Waals surface area (Å²) < 4.78 is 65.0. The molecular formula is C22H33F5. The van der Waals surface area contributed by atoms with Crippen molar-refractivity contribution < 1.29 is 22.0 Å². The molecule has 0 radical (unpaired) electrons. The summed E-state index contributed by atoms with van der Waals surface area (Å²) in [4.78, 5) is 0. The molecular weight excluding hydrogens is 359 g/mol. The molecule has 0 saturated heterocycles. The quantitative estimate of drug-likeness (QED) is 0.437. The Balaban J connectivity index is 1.44. The second-order valence-electron chi connectivity index (χ2n) is 10.3. The van der Waals surface area contributed by atoms with Gasteiger partial charge < -0.3 is 0 Å². The van der Waals surface area contributed by atoms with Crippen LogP contribution in [0.25, 0.3) is 0 Å². The van der Waals surface area contributed by atoms with Crippen molar-refractivity contribution in [3.8, 4) is 0 Å². The van der Waals surface area contributed by atoms with E-state index in [9.17, 15) is 22.0 Å². The molecule has 27 heavy (non-hydrogen) atoms. The average Bonchev–Trinajstić information content (AvgIpc) is 2.94. The van der Waals surface area contributed by atoms with Crippen molar-refractivity contribution in [2.45, 2.75) is 90.2 Å². The SMILES string of the molecule is CC12CCC3C(CC[C@@H]4C[C@@H](C(F)(F)F)CC[C@H]34)C1CCC2CCC(F)F. The number of alkyl halides is 5. The van der Waals surface area contributed by atoms with Crippen molar-refractivity contribution >= 4 is 0 Å². The maximum atomic E-state index is 13.2. The number of hydrogen-bond donors (Lipinski definition) is 0. The van der Waals surface area contributed by atoms with Gasteiger partial charge in [0.25, 0.3) is 0 Å². The lowest BCUT2D eigenvalue weighted by Gasteiger charge is -2.56. The zero-order valence-corrected chi connectivity index (χ0v) is 16.3. The van der Waals surface area contributed by atoms with E-state index in [1.54, 1.807) is 0 Å². The lowest BCUT2D eigenvalue weighted by molar-refractivity contribution is -0.196. The lowest BCUT2D eigenvalue weighted by atomic mass is 9.49. The number of halogens is 5. The molecule has 0 bridgehead atoms. The van der Waals surface area contributed by atoms with Crippen LogP contribution >= 0.6 is 0 Å². The second-order valence-corrected chi connectivity index (χ2v) is 10.3. The summed E-state index contributed by atoms with van der Waals surface area (Å²) >= 11 is 0. The van der Waals surface area contributed by atoms with Crippen LogP contribution in [0.3, 0.4) is 0 Å². The van der Waals surface area contributed by atoms with E-state index >= 15 is 0 Å². The van der Waals surface area contributed by atoms with E-state index in [4.69, 9.17) is 0 Å². The molecule has 0 spiro atoms. The molecule has 0 aromatic rings. The molecule has 4 fully saturated rings. The second kappa shape index (κ2) is 7.16. The van der Waals surface area contributed by atoms with Gasteiger partial charge in [0.1, 0.15) is 0 Å². The Morgan fingerprint density at radius 1 is 0.889 bits per heavy atom. The summed E-state index contributed by atoms with van der Waals surface area (Å²) in [6.07, 6.45) is 2.27. The summed E-state index contributed by atoms with van der Waals surface area (Å²) in [5, 5.41) is 0. The van der Waals surface area contributed by atoms with Gasteiger partial charge in [0.15, 0.2) is 0 Å². The highest BCUT2D eigenvalue weighted by Gasteiger charge is 2.57. The predicted molar refractivity (Wildman–Crippen MR) is 95.4 cm³/mol. The Kier molecular flexibility index (Phi) is 5.29. The van der Waals surface area contributed by atoms with E-state index in [2.05, 4.69) is 6.92 Å². The van der Waals surface area contributed by atoms with Gasteiger partial charge in [-0.3, -0.25) is 0 Å². The van der Waals surface area contributed by atoms with Crippen molar-refractivity contribution in [3.05, 3.63) is 0 Å². The third-order valence-corrected chi connectivity index (χ3v) is 9.35. The molecule has 8 atom stereocenters. The zero-order chi connectivity index (χ0) is 19.4. The largest absolute Gasteiger partial charge is 0.391 e. The molecule has 5 heteroatoms. The Morgan fingerprint density at radius 3 is 2.33 bits per heavy atom. The molecule has 0 heterocycles. The lowest BCUT2D eigenvalue weighted by Crippen LogP contribution is -2.49. The third kappa shape index (κ3) is 3.54. The molecule has 0 aliphatic heterocycles. The Hall–Kier alpha value is -0.350. The Morgan fingerprint density at radius 2 is 1.63 bits per heavy atom. The standard InChI is InChI=1S/C22H33F5/c1-21-11-10-17-16-7-3-15(22(25,26)27)12-13(16)2-6-18(17)19(21)8-4-14(21)5-9-20(23)24/h13-20H,2-12H2,1H3/t13-,14?,15+,16+,17?,18?,19?,21?/m1/s1. The molecule has 4 aliphatic rings. The molecule has 0 aromatic carbocycles. The molecule has 5 unspecified atom stereocenters. The summed E-state index contributed by atoms with van der Waals surface area (Å²) in [6, 6.07) is 0. The van der Waals surface area contributed by atoms with Gasteiger partial charge in [-0.1, -0.05) is 6.92 Å². The highest BCUT2D eigenvalue weighted by molar-refractivity contribution is 5.06. The van der Waals surface area contributed by atoms with Crippen LogP contribution in [0.1, 0.15) is 77.6 Å². The van der Waals surface area contributed by atoms with Crippen molar-refractivity contribution in [2.24, 2.45) is 46.8 Å². The van der Waals surface area contributed by atoms with Crippen LogP contribution < -0.4 is 0 Å². The van der Waals surface area contributed by atoms with E-state index in [-0.39, 0.29) is 17.8 Å². The highest BCUT2D eigenvalue weighted by atomic mass is 19.4. The first-order chi connectivity index (χ1) is 12.7. The molecule has 4 saturated carbocycles. The monoisotopic (exact) mass is 392 g/mol. The normalized spacial score (nSPS) is 47.4. The minimum absolute atomic E-state index is 0.0185. The summed E-state index contributed by atoms with van der Waals surface area (Å²) in [6.45, 7) is 2.34. The predicted octanol–water partition coefficient (Wildman–Crippen LogP) is 7.48. The van der Waals surface area contributed by atoms with E-state index in [1.165, 1.54) is 0 Å². The van der Waals surface area contributed by atoms with Crippen LogP contribution in [0.15, 0.2) is 0 Å². The first kappa shape index (κ1) is 19.9. The Bertz CT molecular complexity index is 529. The van der Waals surface area contributed by atoms with Crippen LogP contribution in [0.4, 0.5) is 22.0 Å². The van der Waals surface area contributed by atoms with E-state index in [0.29, 0.717) is 48.9 Å². The fourth-order valence-electron chi connectivity index (χ4n) is 8.06. The average molecular weight is 392 g/mol. The molecule has 0 amide bonds. The molecule has 4 aliphatic carbocycles. The summed E-state index contributed by atoms with van der Waals surface area (Å²) in [5.74, 6) is 1.89. The van der Waals surface area contributed by atoms with Crippen LogP contribution in [-0.4, -0.2) is 12.6 Å². The van der Waals surface area contributed by atoms with Gasteiger partial charge in [-0.15, -0.1) is 0 Å². The van der Waals surface area contributed by atoms with Crippen molar-refractivity contribution in [1.29, 1.82) is 0 Å². The van der Waals surface area contributed by atoms with Gasteiger partial charge in [0.05, 0.1) is 5.92 Å². The number of hydrogen-bond acceptors (Lipinski definition) is 0. The molecule has 156 valence electrons. The fourth-order valence-corrected chi connectivity index (χ4v) is 8.06. The fraction of sp³-hybridized carbons (Fsp3) is 1.00. The number of fused-ring (bicyclic) bond motifs is 5. The molecule has 0 nitrogen and oxygen atoms in total. The van der Waals surface area contributed by atoms with Crippen molar-refractivity contribution in [1.82, 2.24) is 0 Å².